The van der Waals surface area contributed by atoms with E-state index >= 15 is 0 Å². The van der Waals surface area contributed by atoms with Crippen molar-refractivity contribution in [2.45, 2.75) is 13.0 Å². The summed E-state index contributed by atoms with van der Waals surface area (Å²) in [5.74, 6) is 0. The minimum absolute atomic E-state index is 0.909. The average Bonchev–Trinajstić information content (AvgIpc) is 2.61. The van der Waals surface area contributed by atoms with Crippen molar-refractivity contribution in [3.8, 4) is 0 Å². The first-order valence-electron chi connectivity index (χ1n) is 4.70. The predicted octanol–water partition coefficient (Wildman–Crippen LogP) is 1.81. The highest BCUT2D eigenvalue weighted by molar-refractivity contribution is 14.1. The maximum atomic E-state index is 4.46. The third-order valence-corrected chi connectivity index (χ3v) is 3.56. The fourth-order valence-corrected chi connectivity index (χ4v) is 2.80. The van der Waals surface area contributed by atoms with Crippen molar-refractivity contribution in [2.75, 3.05) is 6.54 Å². The zero-order valence-electron chi connectivity index (χ0n) is 7.60. The van der Waals surface area contributed by atoms with E-state index in [1.807, 2.05) is 6.20 Å². The van der Waals surface area contributed by atoms with E-state index in [2.05, 4.69) is 44.1 Å². The number of aromatic amines is 1. The lowest BCUT2D eigenvalue weighted by Gasteiger charge is -2.16. The van der Waals surface area contributed by atoms with Crippen LogP contribution in [0, 0.1) is 3.57 Å². The summed E-state index contributed by atoms with van der Waals surface area (Å²) in [5, 5.41) is 4.71. The van der Waals surface area contributed by atoms with Gasteiger partial charge in [-0.15, -0.1) is 0 Å². The lowest BCUT2D eigenvalue weighted by Crippen LogP contribution is -2.24. The van der Waals surface area contributed by atoms with Gasteiger partial charge in [-0.3, -0.25) is 4.98 Å². The lowest BCUT2D eigenvalue weighted by atomic mass is 10.0. The molecule has 3 rings (SSSR count). The largest absolute Gasteiger partial charge is 0.359 e. The molecular weight excluding hydrogens is 289 g/mol. The van der Waals surface area contributed by atoms with E-state index in [-0.39, 0.29) is 0 Å². The number of rotatable bonds is 0. The van der Waals surface area contributed by atoms with Gasteiger partial charge in [-0.2, -0.15) is 0 Å². The Morgan fingerprint density at radius 1 is 1.43 bits per heavy atom. The summed E-state index contributed by atoms with van der Waals surface area (Å²) in [5.41, 5.74) is 3.79. The van der Waals surface area contributed by atoms with Gasteiger partial charge >= 0.3 is 0 Å². The molecule has 0 bridgehead atoms. The summed E-state index contributed by atoms with van der Waals surface area (Å²) >= 11 is 2.38. The summed E-state index contributed by atoms with van der Waals surface area (Å²) < 4.78 is 1.30. The smallest absolute Gasteiger partial charge is 0.0654 e. The number of aromatic nitrogens is 2. The highest BCUT2D eigenvalue weighted by Gasteiger charge is 2.15. The average molecular weight is 299 g/mol. The van der Waals surface area contributed by atoms with Crippen LogP contribution < -0.4 is 5.32 Å². The van der Waals surface area contributed by atoms with E-state index < -0.39 is 0 Å². The molecule has 2 N–H and O–H groups in total. The van der Waals surface area contributed by atoms with Crippen LogP contribution in [0.1, 0.15) is 11.3 Å². The Hall–Kier alpha value is -0.620. The second-order valence-corrected chi connectivity index (χ2v) is 4.70. The van der Waals surface area contributed by atoms with Gasteiger partial charge in [-0.25, -0.2) is 0 Å². The van der Waals surface area contributed by atoms with E-state index in [1.165, 1.54) is 20.2 Å². The highest BCUT2D eigenvalue weighted by atomic mass is 127. The van der Waals surface area contributed by atoms with Crippen LogP contribution in [-0.2, 0) is 13.0 Å². The van der Waals surface area contributed by atoms with Crippen LogP contribution in [-0.4, -0.2) is 16.5 Å². The molecule has 3 heterocycles. The summed E-state index contributed by atoms with van der Waals surface area (Å²) in [6, 6.07) is 0. The van der Waals surface area contributed by atoms with Crippen molar-refractivity contribution in [3.63, 3.8) is 0 Å². The van der Waals surface area contributed by atoms with Crippen LogP contribution in [0.2, 0.25) is 0 Å². The van der Waals surface area contributed by atoms with Crippen LogP contribution in [0.3, 0.4) is 0 Å². The van der Waals surface area contributed by atoms with Gasteiger partial charge < -0.3 is 10.3 Å². The molecule has 0 aliphatic carbocycles. The minimum atomic E-state index is 0.909. The normalized spacial score (nSPS) is 15.8. The van der Waals surface area contributed by atoms with Gasteiger partial charge in [0.05, 0.1) is 17.4 Å². The van der Waals surface area contributed by atoms with Crippen molar-refractivity contribution in [1.82, 2.24) is 15.3 Å². The molecule has 4 heteroatoms. The molecule has 2 aromatic rings. The fraction of sp³-hybridized carbons (Fsp3) is 0.300. The number of pyridine rings is 1. The monoisotopic (exact) mass is 299 g/mol. The summed E-state index contributed by atoms with van der Waals surface area (Å²) in [6.45, 7) is 1.97. The maximum absolute atomic E-state index is 4.46. The van der Waals surface area contributed by atoms with Crippen molar-refractivity contribution in [1.29, 1.82) is 0 Å². The first-order chi connectivity index (χ1) is 6.86. The third-order valence-electron chi connectivity index (χ3n) is 2.71. The third kappa shape index (κ3) is 1.17. The molecule has 0 saturated heterocycles. The number of halogens is 1. The first-order valence-corrected chi connectivity index (χ1v) is 5.78. The highest BCUT2D eigenvalue weighted by Crippen LogP contribution is 2.26. The standard InChI is InChI=1S/C10H10IN3/c11-7-3-13-9-5-14-8-4-12-2-1-6(8)10(7)9/h3,5,12-13H,1-2,4H2. The van der Waals surface area contributed by atoms with Gasteiger partial charge in [-0.05, 0) is 41.1 Å². The lowest BCUT2D eigenvalue weighted by molar-refractivity contribution is 0.631. The van der Waals surface area contributed by atoms with Gasteiger partial charge in [-0.1, -0.05) is 0 Å². The molecule has 3 nitrogen and oxygen atoms in total. The van der Waals surface area contributed by atoms with Gasteiger partial charge in [0.25, 0.3) is 0 Å². The summed E-state index contributed by atoms with van der Waals surface area (Å²) in [6.07, 6.45) is 5.08. The predicted molar refractivity (Wildman–Crippen MR) is 64.2 cm³/mol. The van der Waals surface area contributed by atoms with E-state index in [0.717, 1.165) is 25.0 Å². The SMILES string of the molecule is Ic1c[nH]c2cnc3c(c12)CCNC3. The number of nitrogens with one attached hydrogen (secondary N) is 2. The van der Waals surface area contributed by atoms with Crippen LogP contribution in [0.15, 0.2) is 12.4 Å². The number of fused-ring (bicyclic) bond motifs is 3. The van der Waals surface area contributed by atoms with Gasteiger partial charge in [0.15, 0.2) is 0 Å². The Kier molecular flexibility index (Phi) is 1.98. The van der Waals surface area contributed by atoms with Crippen molar-refractivity contribution in [3.05, 3.63) is 27.2 Å². The number of H-pyrrole nitrogens is 1. The summed E-state index contributed by atoms with van der Waals surface area (Å²) in [7, 11) is 0. The van der Waals surface area contributed by atoms with Gasteiger partial charge in [0.2, 0.25) is 0 Å². The maximum Gasteiger partial charge on any atom is 0.0654 e. The van der Waals surface area contributed by atoms with E-state index in [4.69, 9.17) is 0 Å². The van der Waals surface area contributed by atoms with Crippen LogP contribution in [0.4, 0.5) is 0 Å². The molecule has 1 aliphatic heterocycles. The molecule has 0 radical (unpaired) electrons. The van der Waals surface area contributed by atoms with E-state index in [0.29, 0.717) is 0 Å². The Balaban J connectivity index is 2.38. The van der Waals surface area contributed by atoms with Crippen molar-refractivity contribution >= 4 is 33.5 Å². The Labute approximate surface area is 95.4 Å². The number of hydrogen-bond donors (Lipinski definition) is 2. The molecule has 1 aliphatic rings. The van der Waals surface area contributed by atoms with Crippen LogP contribution >= 0.6 is 22.6 Å². The zero-order valence-corrected chi connectivity index (χ0v) is 9.76. The summed E-state index contributed by atoms with van der Waals surface area (Å²) in [4.78, 5) is 7.71. The van der Waals surface area contributed by atoms with E-state index in [1.54, 1.807) is 0 Å². The van der Waals surface area contributed by atoms with Gasteiger partial charge in [0.1, 0.15) is 0 Å². The molecule has 0 unspecified atom stereocenters. The molecule has 0 aromatic carbocycles. The molecule has 0 fully saturated rings. The molecule has 0 spiro atoms. The second kappa shape index (κ2) is 3.20. The Morgan fingerprint density at radius 3 is 3.29 bits per heavy atom. The molecule has 0 atom stereocenters. The second-order valence-electron chi connectivity index (χ2n) is 3.54. The molecule has 72 valence electrons. The molecular formula is C10H10IN3. The number of nitrogens with zero attached hydrogens (tertiary/aromatic N) is 1. The van der Waals surface area contributed by atoms with Crippen LogP contribution in [0.25, 0.3) is 10.9 Å². The Morgan fingerprint density at radius 2 is 2.36 bits per heavy atom. The minimum Gasteiger partial charge on any atom is -0.359 e. The fourth-order valence-electron chi connectivity index (χ4n) is 2.03. The molecule has 2 aromatic heterocycles. The van der Waals surface area contributed by atoms with Crippen LogP contribution in [0.5, 0.6) is 0 Å². The molecule has 14 heavy (non-hydrogen) atoms. The topological polar surface area (TPSA) is 40.7 Å². The van der Waals surface area contributed by atoms with Gasteiger partial charge in [0, 0.05) is 21.7 Å². The zero-order chi connectivity index (χ0) is 9.54. The van der Waals surface area contributed by atoms with E-state index in [9.17, 15) is 0 Å². The molecule has 0 saturated carbocycles. The Bertz CT molecular complexity index is 489. The molecule has 0 amide bonds. The first kappa shape index (κ1) is 8.67. The quantitative estimate of drug-likeness (QED) is 0.729. The van der Waals surface area contributed by atoms with Crippen molar-refractivity contribution < 1.29 is 0 Å². The number of hydrogen-bond acceptors (Lipinski definition) is 2. The van der Waals surface area contributed by atoms with Crippen molar-refractivity contribution in [2.24, 2.45) is 0 Å².